The van der Waals surface area contributed by atoms with Gasteiger partial charge in [-0.15, -0.1) is 0 Å². The highest BCUT2D eigenvalue weighted by molar-refractivity contribution is 5.28. The summed E-state index contributed by atoms with van der Waals surface area (Å²) in [5.41, 5.74) is 3.91. The number of benzene rings is 1. The van der Waals surface area contributed by atoms with Gasteiger partial charge in [-0.25, -0.2) is 0 Å². The summed E-state index contributed by atoms with van der Waals surface area (Å²) in [5.74, 6) is 0. The molecule has 17 heavy (non-hydrogen) atoms. The monoisotopic (exact) mass is 230 g/mol. The Balaban J connectivity index is 2.03. The zero-order chi connectivity index (χ0) is 12.3. The second-order valence-electron chi connectivity index (χ2n) is 4.72. The van der Waals surface area contributed by atoms with Crippen molar-refractivity contribution in [3.05, 3.63) is 34.9 Å². The molecule has 1 atom stereocenters. The Labute approximate surface area is 103 Å². The molecule has 0 aromatic heterocycles. The summed E-state index contributed by atoms with van der Waals surface area (Å²) in [6.07, 6.45) is -0.269. The van der Waals surface area contributed by atoms with Gasteiger partial charge >= 0.3 is 0 Å². The lowest BCUT2D eigenvalue weighted by Gasteiger charge is -2.29. The van der Waals surface area contributed by atoms with E-state index in [4.69, 9.17) is 10.00 Å². The van der Waals surface area contributed by atoms with E-state index in [0.717, 1.165) is 13.1 Å². The van der Waals surface area contributed by atoms with E-state index in [1.54, 1.807) is 0 Å². The van der Waals surface area contributed by atoms with Crippen molar-refractivity contribution in [2.24, 2.45) is 0 Å². The molecule has 1 aliphatic rings. The van der Waals surface area contributed by atoms with Gasteiger partial charge in [0.1, 0.15) is 0 Å². The smallest absolute Gasteiger partial charge is 0.156 e. The maximum absolute atomic E-state index is 8.86. The molecule has 0 bridgehead atoms. The Morgan fingerprint density at radius 3 is 2.71 bits per heavy atom. The quantitative estimate of drug-likeness (QED) is 0.780. The minimum Gasteiger partial charge on any atom is -0.361 e. The van der Waals surface area contributed by atoms with Gasteiger partial charge in [0.15, 0.2) is 6.10 Å². The molecule has 3 heteroatoms. The maximum atomic E-state index is 8.86. The van der Waals surface area contributed by atoms with Crippen LogP contribution < -0.4 is 0 Å². The van der Waals surface area contributed by atoms with Crippen LogP contribution in [0.4, 0.5) is 0 Å². The van der Waals surface area contributed by atoms with E-state index in [1.165, 1.54) is 16.7 Å². The summed E-state index contributed by atoms with van der Waals surface area (Å²) in [6.45, 7) is 7.42. The summed E-state index contributed by atoms with van der Waals surface area (Å²) in [6, 6.07) is 8.78. The van der Waals surface area contributed by atoms with E-state index in [2.05, 4.69) is 43.0 Å². The van der Waals surface area contributed by atoms with Crippen LogP contribution in [0.3, 0.4) is 0 Å². The molecule has 90 valence electrons. The number of nitrogens with zero attached hydrogens (tertiary/aromatic N) is 2. The largest absolute Gasteiger partial charge is 0.361 e. The number of morpholine rings is 1. The van der Waals surface area contributed by atoms with Crippen LogP contribution >= 0.6 is 0 Å². The first-order chi connectivity index (χ1) is 8.17. The summed E-state index contributed by atoms with van der Waals surface area (Å²) in [7, 11) is 0. The molecular weight excluding hydrogens is 212 g/mol. The van der Waals surface area contributed by atoms with E-state index in [-0.39, 0.29) is 6.10 Å². The van der Waals surface area contributed by atoms with Crippen LogP contribution in [0.5, 0.6) is 0 Å². The summed E-state index contributed by atoms with van der Waals surface area (Å²) < 4.78 is 5.34. The number of hydrogen-bond donors (Lipinski definition) is 0. The molecular formula is C14H18N2O. The van der Waals surface area contributed by atoms with Gasteiger partial charge in [0, 0.05) is 19.6 Å². The summed E-state index contributed by atoms with van der Waals surface area (Å²) >= 11 is 0. The molecule has 0 saturated carbocycles. The first kappa shape index (κ1) is 12.1. The Kier molecular flexibility index (Phi) is 3.78. The van der Waals surface area contributed by atoms with Crippen molar-refractivity contribution in [2.45, 2.75) is 26.5 Å². The standard InChI is InChI=1S/C14H18N2O/c1-11-5-12(2)7-13(6-11)9-16-3-4-17-14(8-15)10-16/h5-7,14H,3-4,9-10H2,1-2H3. The van der Waals surface area contributed by atoms with Gasteiger partial charge < -0.3 is 4.74 Å². The fourth-order valence-electron chi connectivity index (χ4n) is 2.34. The van der Waals surface area contributed by atoms with Gasteiger partial charge in [0.25, 0.3) is 0 Å². The third-order valence-corrected chi connectivity index (χ3v) is 2.98. The fourth-order valence-corrected chi connectivity index (χ4v) is 2.34. The average Bonchev–Trinajstić information content (AvgIpc) is 2.28. The van der Waals surface area contributed by atoms with Crippen LogP contribution in [0, 0.1) is 25.2 Å². The Bertz CT molecular complexity index is 416. The predicted molar refractivity (Wildman–Crippen MR) is 66.5 cm³/mol. The molecule has 1 unspecified atom stereocenters. The van der Waals surface area contributed by atoms with Crippen LogP contribution in [0.2, 0.25) is 0 Å². The van der Waals surface area contributed by atoms with Crippen molar-refractivity contribution in [3.63, 3.8) is 0 Å². The van der Waals surface area contributed by atoms with E-state index in [9.17, 15) is 0 Å². The molecule has 0 N–H and O–H groups in total. The highest BCUT2D eigenvalue weighted by Gasteiger charge is 2.19. The first-order valence-corrected chi connectivity index (χ1v) is 5.98. The van der Waals surface area contributed by atoms with Crippen molar-refractivity contribution in [1.82, 2.24) is 4.90 Å². The van der Waals surface area contributed by atoms with Gasteiger partial charge in [0.2, 0.25) is 0 Å². The third kappa shape index (κ3) is 3.29. The van der Waals surface area contributed by atoms with E-state index in [0.29, 0.717) is 13.2 Å². The molecule has 1 heterocycles. The topological polar surface area (TPSA) is 36.3 Å². The maximum Gasteiger partial charge on any atom is 0.156 e. The molecule has 0 amide bonds. The van der Waals surface area contributed by atoms with Crippen LogP contribution in [-0.4, -0.2) is 30.7 Å². The second-order valence-corrected chi connectivity index (χ2v) is 4.72. The molecule has 1 aromatic carbocycles. The zero-order valence-electron chi connectivity index (χ0n) is 10.4. The number of aryl methyl sites for hydroxylation is 2. The molecule has 0 radical (unpaired) electrons. The number of rotatable bonds is 2. The van der Waals surface area contributed by atoms with Crippen molar-refractivity contribution in [2.75, 3.05) is 19.7 Å². The van der Waals surface area contributed by atoms with Crippen molar-refractivity contribution >= 4 is 0 Å². The highest BCUT2D eigenvalue weighted by Crippen LogP contribution is 2.13. The summed E-state index contributed by atoms with van der Waals surface area (Å²) in [4.78, 5) is 2.28. The van der Waals surface area contributed by atoms with E-state index in [1.807, 2.05) is 0 Å². The summed E-state index contributed by atoms with van der Waals surface area (Å²) in [5, 5.41) is 8.86. The van der Waals surface area contributed by atoms with Crippen molar-refractivity contribution in [1.29, 1.82) is 5.26 Å². The molecule has 1 saturated heterocycles. The fraction of sp³-hybridized carbons (Fsp3) is 0.500. The highest BCUT2D eigenvalue weighted by atomic mass is 16.5. The first-order valence-electron chi connectivity index (χ1n) is 5.98. The Morgan fingerprint density at radius 1 is 1.35 bits per heavy atom. The third-order valence-electron chi connectivity index (χ3n) is 2.98. The molecule has 2 rings (SSSR count). The molecule has 1 fully saturated rings. The minimum atomic E-state index is -0.269. The van der Waals surface area contributed by atoms with E-state index < -0.39 is 0 Å². The van der Waals surface area contributed by atoms with Crippen LogP contribution in [0.25, 0.3) is 0 Å². The number of nitriles is 1. The molecule has 1 aromatic rings. The average molecular weight is 230 g/mol. The van der Waals surface area contributed by atoms with Crippen molar-refractivity contribution < 1.29 is 4.74 Å². The zero-order valence-corrected chi connectivity index (χ0v) is 10.4. The lowest BCUT2D eigenvalue weighted by Crippen LogP contribution is -2.41. The lowest BCUT2D eigenvalue weighted by atomic mass is 10.1. The molecule has 0 aliphatic carbocycles. The minimum absolute atomic E-state index is 0.269. The van der Waals surface area contributed by atoms with Crippen LogP contribution in [0.1, 0.15) is 16.7 Å². The Hall–Kier alpha value is -1.37. The van der Waals surface area contributed by atoms with Gasteiger partial charge in [0.05, 0.1) is 12.7 Å². The Morgan fingerprint density at radius 2 is 2.06 bits per heavy atom. The molecule has 0 spiro atoms. The van der Waals surface area contributed by atoms with Crippen molar-refractivity contribution in [3.8, 4) is 6.07 Å². The predicted octanol–water partition coefficient (Wildman–Crippen LogP) is 2.03. The normalized spacial score (nSPS) is 21.1. The number of ether oxygens (including phenoxy) is 1. The van der Waals surface area contributed by atoms with Crippen LogP contribution in [-0.2, 0) is 11.3 Å². The van der Waals surface area contributed by atoms with E-state index >= 15 is 0 Å². The lowest BCUT2D eigenvalue weighted by molar-refractivity contribution is -0.00269. The van der Waals surface area contributed by atoms with Gasteiger partial charge in [-0.2, -0.15) is 5.26 Å². The van der Waals surface area contributed by atoms with Crippen LogP contribution in [0.15, 0.2) is 18.2 Å². The van der Waals surface area contributed by atoms with Gasteiger partial charge in [-0.3, -0.25) is 4.90 Å². The number of hydrogen-bond acceptors (Lipinski definition) is 3. The second kappa shape index (κ2) is 5.31. The molecule has 3 nitrogen and oxygen atoms in total. The van der Waals surface area contributed by atoms with Gasteiger partial charge in [-0.05, 0) is 19.4 Å². The van der Waals surface area contributed by atoms with Gasteiger partial charge in [-0.1, -0.05) is 29.3 Å². The molecule has 1 aliphatic heterocycles. The SMILES string of the molecule is Cc1cc(C)cc(CN2CCOC(C#N)C2)c1.